The zero-order valence-electron chi connectivity index (χ0n) is 8.67. The van der Waals surface area contributed by atoms with Crippen LogP contribution in [0.25, 0.3) is 0 Å². The Kier molecular flexibility index (Phi) is 3.07. The van der Waals surface area contributed by atoms with Crippen molar-refractivity contribution in [3.05, 3.63) is 12.2 Å². The van der Waals surface area contributed by atoms with Gasteiger partial charge in [0.15, 0.2) is 6.23 Å². The Balaban J connectivity index is 2.19. The second-order valence-electron chi connectivity index (χ2n) is 3.64. The SMILES string of the molecule is NC(=O)c1ncn([13C@@H]2O[13C@H]([13CH2]O)[13C@@H](O)[13C@H]2O)n1. The van der Waals surface area contributed by atoms with E-state index in [4.69, 9.17) is 15.6 Å². The molecule has 9 nitrogen and oxygen atoms in total. The van der Waals surface area contributed by atoms with Gasteiger partial charge in [-0.05, 0) is 0 Å². The maximum atomic E-state index is 10.8. The number of aliphatic hydroxyl groups excluding tert-OH is 3. The Morgan fingerprint density at radius 3 is 2.71 bits per heavy atom. The van der Waals surface area contributed by atoms with Gasteiger partial charge >= 0.3 is 0 Å². The zero-order chi connectivity index (χ0) is 12.6. The average Bonchev–Trinajstić information content (AvgIpc) is 2.87. The van der Waals surface area contributed by atoms with Crippen LogP contribution in [0.3, 0.4) is 0 Å². The Bertz CT molecular complexity index is 422. The first-order valence-electron chi connectivity index (χ1n) is 4.88. The summed E-state index contributed by atoms with van der Waals surface area (Å²) >= 11 is 0. The van der Waals surface area contributed by atoms with Crippen molar-refractivity contribution in [1.82, 2.24) is 14.8 Å². The number of hydrogen-bond donors (Lipinski definition) is 4. The van der Waals surface area contributed by atoms with Gasteiger partial charge in [0.05, 0.1) is 6.61 Å². The molecule has 94 valence electrons. The molecular formula is C8H12N4O5. The molecule has 1 aromatic heterocycles. The second-order valence-corrected chi connectivity index (χ2v) is 3.64. The van der Waals surface area contributed by atoms with E-state index in [2.05, 4.69) is 10.1 Å². The third-order valence-electron chi connectivity index (χ3n) is 2.51. The summed E-state index contributed by atoms with van der Waals surface area (Å²) in [6.45, 7) is -0.438. The minimum atomic E-state index is -1.27. The van der Waals surface area contributed by atoms with Gasteiger partial charge in [0.1, 0.15) is 24.6 Å². The van der Waals surface area contributed by atoms with Crippen molar-refractivity contribution >= 4 is 5.91 Å². The van der Waals surface area contributed by atoms with Crippen LogP contribution in [0.4, 0.5) is 0 Å². The van der Waals surface area contributed by atoms with Crippen LogP contribution in [-0.4, -0.2) is 60.9 Å². The maximum absolute atomic E-state index is 10.8. The fourth-order valence-electron chi connectivity index (χ4n) is 1.61. The maximum Gasteiger partial charge on any atom is 0.288 e. The number of carbonyl (C=O) groups is 1. The molecule has 1 amide bonds. The highest BCUT2D eigenvalue weighted by atomic mass is 16.8. The Morgan fingerprint density at radius 1 is 1.53 bits per heavy atom. The lowest BCUT2D eigenvalue weighted by Gasteiger charge is -2.13. The number of primary amides is 1. The van der Waals surface area contributed by atoms with E-state index in [-0.39, 0.29) is 5.82 Å². The van der Waals surface area contributed by atoms with E-state index in [0.29, 0.717) is 0 Å². The van der Waals surface area contributed by atoms with E-state index in [9.17, 15) is 15.0 Å². The summed E-state index contributed by atoms with van der Waals surface area (Å²) < 4.78 is 6.25. The highest BCUT2D eigenvalue weighted by Crippen LogP contribution is 2.28. The smallest absolute Gasteiger partial charge is 0.288 e. The van der Waals surface area contributed by atoms with Crippen LogP contribution in [-0.2, 0) is 4.74 Å². The first-order chi connectivity index (χ1) is 8.04. The van der Waals surface area contributed by atoms with Gasteiger partial charge < -0.3 is 25.8 Å². The number of nitrogens with zero attached hydrogens (tertiary/aromatic N) is 3. The summed E-state index contributed by atoms with van der Waals surface area (Å²) in [6.07, 6.45) is -3.26. The molecule has 0 unspecified atom stereocenters. The highest BCUT2D eigenvalue weighted by Gasteiger charge is 2.43. The number of rotatable bonds is 3. The molecule has 4 atom stereocenters. The van der Waals surface area contributed by atoms with Gasteiger partial charge in [-0.1, -0.05) is 0 Å². The molecule has 1 aliphatic heterocycles. The van der Waals surface area contributed by atoms with E-state index >= 15 is 0 Å². The standard InChI is InChI=1S/C8H12N4O5/c9-6(16)7-10-2-12(11-7)8-5(15)4(14)3(1-13)17-8/h2-5,8,13-15H,1H2,(H2,9,16)/t3-,4-,5-,8-/m1/s1/i1+1,3+1,4+1,5+1,8+1. The summed E-state index contributed by atoms with van der Waals surface area (Å²) in [5.74, 6) is -1.03. The third-order valence-corrected chi connectivity index (χ3v) is 2.51. The number of carbonyl (C=O) groups excluding carboxylic acids is 1. The van der Waals surface area contributed by atoms with Crippen LogP contribution in [0.1, 0.15) is 16.8 Å². The molecule has 0 aromatic carbocycles. The highest BCUT2D eigenvalue weighted by molar-refractivity contribution is 5.88. The molecular weight excluding hydrogens is 237 g/mol. The monoisotopic (exact) mass is 249 g/mol. The van der Waals surface area contributed by atoms with E-state index in [0.717, 1.165) is 11.0 Å². The largest absolute Gasteiger partial charge is 0.394 e. The Morgan fingerprint density at radius 2 is 2.24 bits per heavy atom. The van der Waals surface area contributed by atoms with Crippen molar-refractivity contribution in [3.8, 4) is 0 Å². The number of amides is 1. The van der Waals surface area contributed by atoms with Crippen molar-refractivity contribution < 1.29 is 24.9 Å². The van der Waals surface area contributed by atoms with Gasteiger partial charge in [-0.25, -0.2) is 9.67 Å². The van der Waals surface area contributed by atoms with Crippen molar-refractivity contribution in [3.63, 3.8) is 0 Å². The summed E-state index contributed by atoms with van der Waals surface area (Å²) in [5, 5.41) is 31.8. The molecule has 0 spiro atoms. The summed E-state index contributed by atoms with van der Waals surface area (Å²) in [6, 6.07) is 0. The van der Waals surface area contributed by atoms with Crippen LogP contribution in [0, 0.1) is 0 Å². The number of nitrogens with two attached hydrogens (primary N) is 1. The first-order valence-corrected chi connectivity index (χ1v) is 4.88. The minimum Gasteiger partial charge on any atom is -0.394 e. The molecule has 0 saturated carbocycles. The zero-order valence-corrected chi connectivity index (χ0v) is 8.67. The predicted molar refractivity (Wildman–Crippen MR) is 51.5 cm³/mol. The van der Waals surface area contributed by atoms with Gasteiger partial charge in [0.25, 0.3) is 5.91 Å². The van der Waals surface area contributed by atoms with Crippen molar-refractivity contribution in [2.75, 3.05) is 6.61 Å². The molecule has 0 radical (unpaired) electrons. The van der Waals surface area contributed by atoms with Crippen molar-refractivity contribution in [2.45, 2.75) is 24.5 Å². The van der Waals surface area contributed by atoms with Gasteiger partial charge in [0, 0.05) is 0 Å². The summed E-state index contributed by atoms with van der Waals surface area (Å²) in [5.41, 5.74) is 4.97. The molecule has 1 saturated heterocycles. The molecule has 0 aliphatic carbocycles. The average molecular weight is 249 g/mol. The van der Waals surface area contributed by atoms with Gasteiger partial charge in [-0.15, -0.1) is 5.10 Å². The van der Waals surface area contributed by atoms with Gasteiger partial charge in [-0.2, -0.15) is 0 Å². The van der Waals surface area contributed by atoms with Crippen LogP contribution in [0.15, 0.2) is 6.33 Å². The molecule has 1 aliphatic rings. The normalized spacial score (nSPS) is 32.9. The topological polar surface area (TPSA) is 144 Å². The molecule has 2 rings (SSSR count). The van der Waals surface area contributed by atoms with Crippen molar-refractivity contribution in [1.29, 1.82) is 0 Å². The van der Waals surface area contributed by atoms with E-state index in [1.807, 2.05) is 0 Å². The lowest BCUT2D eigenvalue weighted by atomic mass is 10.6. The second kappa shape index (κ2) is 4.37. The fourth-order valence-corrected chi connectivity index (χ4v) is 1.61. The van der Waals surface area contributed by atoms with Crippen LogP contribution < -0.4 is 5.73 Å². The number of aliphatic hydroxyl groups is 3. The van der Waals surface area contributed by atoms with E-state index < -0.39 is 37.1 Å². The summed E-state index contributed by atoms with van der Waals surface area (Å²) in [7, 11) is 0. The molecule has 9 heteroatoms. The lowest BCUT2D eigenvalue weighted by Crippen LogP contribution is -2.33. The third kappa shape index (κ3) is 2.00. The molecule has 0 bridgehead atoms. The van der Waals surface area contributed by atoms with Crippen LogP contribution in [0.5, 0.6) is 0 Å². The van der Waals surface area contributed by atoms with E-state index in [1.165, 1.54) is 0 Å². The number of hydrogen-bond acceptors (Lipinski definition) is 7. The first kappa shape index (κ1) is 11.9. The quantitative estimate of drug-likeness (QED) is 0.417. The number of aromatic nitrogens is 3. The molecule has 1 fully saturated rings. The van der Waals surface area contributed by atoms with E-state index in [1.54, 1.807) is 0 Å². The number of ether oxygens (including phenoxy) is 1. The fraction of sp³-hybridized carbons (Fsp3) is 0.625. The minimum absolute atomic E-state index is 0.220. The van der Waals surface area contributed by atoms with Crippen LogP contribution in [0.2, 0.25) is 0 Å². The van der Waals surface area contributed by atoms with Gasteiger partial charge in [0.2, 0.25) is 5.82 Å². The van der Waals surface area contributed by atoms with Crippen LogP contribution >= 0.6 is 0 Å². The molecule has 17 heavy (non-hydrogen) atoms. The Labute approximate surface area is 95.4 Å². The molecule has 5 N–H and O–H groups in total. The van der Waals surface area contributed by atoms with Gasteiger partial charge in [-0.3, -0.25) is 4.79 Å². The van der Waals surface area contributed by atoms with Crippen molar-refractivity contribution in [2.24, 2.45) is 5.73 Å². The lowest BCUT2D eigenvalue weighted by molar-refractivity contribution is -0.0588. The molecule has 2 heterocycles. The Hall–Kier alpha value is -1.55. The molecule has 1 aromatic rings. The summed E-state index contributed by atoms with van der Waals surface area (Å²) in [4.78, 5) is 14.4. The predicted octanol–water partition coefficient (Wildman–Crippen LogP) is -3.01.